The van der Waals surface area contributed by atoms with Gasteiger partial charge in [-0.1, -0.05) is 37.5 Å². The summed E-state index contributed by atoms with van der Waals surface area (Å²) < 4.78 is 2.37. The summed E-state index contributed by atoms with van der Waals surface area (Å²) in [6.07, 6.45) is 7.34. The molecule has 1 saturated carbocycles. The molecule has 1 heterocycles. The Bertz CT molecular complexity index is 888. The van der Waals surface area contributed by atoms with Crippen LogP contribution in [0.4, 0.5) is 5.69 Å². The van der Waals surface area contributed by atoms with Crippen molar-refractivity contribution in [2.24, 2.45) is 0 Å². The van der Waals surface area contributed by atoms with Crippen LogP contribution in [0.1, 0.15) is 49.4 Å². The Balaban J connectivity index is 1.94. The molecule has 0 unspecified atom stereocenters. The van der Waals surface area contributed by atoms with Gasteiger partial charge in [0.1, 0.15) is 6.29 Å². The van der Waals surface area contributed by atoms with E-state index in [0.717, 1.165) is 24.1 Å². The molecule has 124 valence electrons. The van der Waals surface area contributed by atoms with E-state index in [1.54, 1.807) is 0 Å². The quantitative estimate of drug-likeness (QED) is 0.656. The van der Waals surface area contributed by atoms with E-state index < -0.39 is 0 Å². The Kier molecular flexibility index (Phi) is 4.01. The van der Waals surface area contributed by atoms with Crippen molar-refractivity contribution in [1.29, 1.82) is 0 Å². The molecule has 0 radical (unpaired) electrons. The van der Waals surface area contributed by atoms with Crippen molar-refractivity contribution in [3.05, 3.63) is 42.0 Å². The van der Waals surface area contributed by atoms with Crippen molar-refractivity contribution in [1.82, 2.24) is 4.57 Å². The van der Waals surface area contributed by atoms with E-state index >= 15 is 0 Å². The molecule has 1 fully saturated rings. The van der Waals surface area contributed by atoms with Gasteiger partial charge in [-0.25, -0.2) is 0 Å². The summed E-state index contributed by atoms with van der Waals surface area (Å²) >= 11 is 0. The average Bonchev–Trinajstić information content (AvgIpc) is 2.96. The Hall–Kier alpha value is -2.29. The van der Waals surface area contributed by atoms with Gasteiger partial charge in [0.25, 0.3) is 0 Å². The van der Waals surface area contributed by atoms with Gasteiger partial charge in [0.2, 0.25) is 0 Å². The highest BCUT2D eigenvalue weighted by atomic mass is 16.1. The van der Waals surface area contributed by atoms with E-state index in [2.05, 4.69) is 41.1 Å². The summed E-state index contributed by atoms with van der Waals surface area (Å²) in [6, 6.07) is 13.1. The third-order valence-corrected chi connectivity index (χ3v) is 5.30. The van der Waals surface area contributed by atoms with Crippen LogP contribution >= 0.6 is 0 Å². The first-order valence-corrected chi connectivity index (χ1v) is 9.08. The molecule has 1 aliphatic rings. The lowest BCUT2D eigenvalue weighted by Gasteiger charge is -2.25. The van der Waals surface area contributed by atoms with Gasteiger partial charge in [0.05, 0.1) is 11.2 Å². The number of para-hydroxylation sites is 1. The van der Waals surface area contributed by atoms with Gasteiger partial charge in [-0.3, -0.25) is 4.79 Å². The molecule has 0 spiro atoms. The maximum Gasteiger partial charge on any atom is 0.150 e. The molecule has 0 saturated heterocycles. The van der Waals surface area contributed by atoms with Crippen molar-refractivity contribution in [3.63, 3.8) is 0 Å². The van der Waals surface area contributed by atoms with Gasteiger partial charge in [-0.05, 0) is 38.0 Å². The fraction of sp³-hybridized carbons (Fsp3) is 0.381. The Morgan fingerprint density at radius 1 is 1.12 bits per heavy atom. The Morgan fingerprint density at radius 2 is 1.92 bits per heavy atom. The van der Waals surface area contributed by atoms with Crippen LogP contribution in [-0.4, -0.2) is 16.9 Å². The van der Waals surface area contributed by atoms with E-state index in [1.807, 2.05) is 12.1 Å². The predicted octanol–water partition coefficient (Wildman–Crippen LogP) is 5.37. The van der Waals surface area contributed by atoms with Gasteiger partial charge >= 0.3 is 0 Å². The number of aryl methyl sites for hydroxylation is 1. The van der Waals surface area contributed by atoms with Crippen molar-refractivity contribution in [2.75, 3.05) is 5.32 Å². The van der Waals surface area contributed by atoms with E-state index in [-0.39, 0.29) is 0 Å². The molecular weight excluding hydrogens is 296 g/mol. The van der Waals surface area contributed by atoms with Crippen molar-refractivity contribution in [3.8, 4) is 0 Å². The first-order valence-electron chi connectivity index (χ1n) is 9.08. The summed E-state index contributed by atoms with van der Waals surface area (Å²) in [7, 11) is 0. The first-order chi connectivity index (χ1) is 11.8. The largest absolute Gasteiger partial charge is 0.381 e. The molecular formula is C21H24N2O. The van der Waals surface area contributed by atoms with Gasteiger partial charge < -0.3 is 9.88 Å². The lowest BCUT2D eigenvalue weighted by molar-refractivity contribution is 0.112. The third-order valence-electron chi connectivity index (χ3n) is 5.30. The molecule has 0 aliphatic heterocycles. The van der Waals surface area contributed by atoms with E-state index in [9.17, 15) is 4.79 Å². The van der Waals surface area contributed by atoms with E-state index in [1.165, 1.54) is 53.9 Å². The minimum Gasteiger partial charge on any atom is -0.381 e. The van der Waals surface area contributed by atoms with Crippen molar-refractivity contribution >= 4 is 33.8 Å². The summed E-state index contributed by atoms with van der Waals surface area (Å²) in [5, 5.41) is 6.16. The second-order valence-corrected chi connectivity index (χ2v) is 6.82. The standard InChI is InChI=1S/C21H24N2O/c1-2-23-20-11-7-6-10-17(20)18-12-15(14-24)13-19(21(18)23)22-16-8-4-3-5-9-16/h6-7,10-14,16,22H,2-5,8-9H2,1H3. The number of fused-ring (bicyclic) bond motifs is 3. The van der Waals surface area contributed by atoms with Crippen LogP contribution in [0, 0.1) is 0 Å². The van der Waals surface area contributed by atoms with Gasteiger partial charge in [-0.2, -0.15) is 0 Å². The summed E-state index contributed by atoms with van der Waals surface area (Å²) in [6.45, 7) is 3.10. The van der Waals surface area contributed by atoms with Crippen LogP contribution in [0.5, 0.6) is 0 Å². The zero-order chi connectivity index (χ0) is 16.5. The molecule has 1 N–H and O–H groups in total. The Labute approximate surface area is 142 Å². The van der Waals surface area contributed by atoms with Crippen LogP contribution in [0.15, 0.2) is 36.4 Å². The topological polar surface area (TPSA) is 34.0 Å². The minimum absolute atomic E-state index is 0.521. The number of rotatable bonds is 4. The number of hydrogen-bond acceptors (Lipinski definition) is 2. The Morgan fingerprint density at radius 3 is 2.67 bits per heavy atom. The van der Waals surface area contributed by atoms with E-state index in [0.29, 0.717) is 6.04 Å². The molecule has 1 aliphatic carbocycles. The molecule has 0 amide bonds. The molecule has 4 rings (SSSR count). The number of aldehydes is 1. The number of nitrogens with zero attached hydrogens (tertiary/aromatic N) is 1. The van der Waals surface area contributed by atoms with Crippen LogP contribution in [0.3, 0.4) is 0 Å². The fourth-order valence-electron chi connectivity index (χ4n) is 4.18. The maximum absolute atomic E-state index is 11.5. The smallest absolute Gasteiger partial charge is 0.150 e. The zero-order valence-corrected chi connectivity index (χ0v) is 14.2. The number of benzene rings is 2. The molecule has 2 aromatic carbocycles. The summed E-state index contributed by atoms with van der Waals surface area (Å²) in [5.41, 5.74) is 4.33. The second-order valence-electron chi connectivity index (χ2n) is 6.82. The van der Waals surface area contributed by atoms with E-state index in [4.69, 9.17) is 0 Å². The molecule has 3 heteroatoms. The predicted molar refractivity (Wildman–Crippen MR) is 101 cm³/mol. The first kappa shape index (κ1) is 15.3. The monoisotopic (exact) mass is 320 g/mol. The number of aromatic nitrogens is 1. The highest BCUT2D eigenvalue weighted by Gasteiger charge is 2.18. The third kappa shape index (κ3) is 2.48. The lowest BCUT2D eigenvalue weighted by Crippen LogP contribution is -2.22. The molecule has 1 aromatic heterocycles. The highest BCUT2D eigenvalue weighted by Crippen LogP contribution is 2.36. The van der Waals surface area contributed by atoms with Gasteiger partial charge in [0.15, 0.2) is 0 Å². The van der Waals surface area contributed by atoms with Crippen molar-refractivity contribution < 1.29 is 4.79 Å². The van der Waals surface area contributed by atoms with Crippen LogP contribution < -0.4 is 5.32 Å². The maximum atomic E-state index is 11.5. The minimum atomic E-state index is 0.521. The number of nitrogens with one attached hydrogen (secondary N) is 1. The highest BCUT2D eigenvalue weighted by molar-refractivity contribution is 6.13. The van der Waals surface area contributed by atoms with Crippen LogP contribution in [0.2, 0.25) is 0 Å². The lowest BCUT2D eigenvalue weighted by atomic mass is 9.95. The number of anilines is 1. The van der Waals surface area contributed by atoms with Gasteiger partial charge in [0, 0.05) is 34.4 Å². The normalized spacial score (nSPS) is 15.9. The average molecular weight is 320 g/mol. The number of hydrogen-bond donors (Lipinski definition) is 1. The van der Waals surface area contributed by atoms with Gasteiger partial charge in [-0.15, -0.1) is 0 Å². The fourth-order valence-corrected chi connectivity index (χ4v) is 4.18. The summed E-state index contributed by atoms with van der Waals surface area (Å²) in [4.78, 5) is 11.5. The second kappa shape index (κ2) is 6.31. The SMILES string of the molecule is CCn1c2ccccc2c2cc(C=O)cc(NC3CCCCC3)c21. The summed E-state index contributed by atoms with van der Waals surface area (Å²) in [5.74, 6) is 0. The molecule has 0 atom stereocenters. The number of carbonyl (C=O) groups is 1. The van der Waals surface area contributed by atoms with Crippen molar-refractivity contribution in [2.45, 2.75) is 51.6 Å². The molecule has 24 heavy (non-hydrogen) atoms. The molecule has 3 nitrogen and oxygen atoms in total. The van der Waals surface area contributed by atoms with Crippen LogP contribution in [-0.2, 0) is 6.54 Å². The molecule has 3 aromatic rings. The molecule has 0 bridgehead atoms. The zero-order valence-electron chi connectivity index (χ0n) is 14.2. The number of carbonyl (C=O) groups excluding carboxylic acids is 1. The van der Waals surface area contributed by atoms with Crippen LogP contribution in [0.25, 0.3) is 21.8 Å².